The van der Waals surface area contributed by atoms with Crippen molar-refractivity contribution in [1.82, 2.24) is 5.32 Å². The normalized spacial score (nSPS) is 11.3. The van der Waals surface area contributed by atoms with Gasteiger partial charge in [-0.15, -0.1) is 0 Å². The topological polar surface area (TPSA) is 131 Å². The number of carboxylic acid groups (broad SMARTS) is 1. The quantitative estimate of drug-likeness (QED) is 0.0618. The molecule has 2 amide bonds. The fourth-order valence-electron chi connectivity index (χ4n) is 4.88. The zero-order chi connectivity index (χ0) is 35.2. The first kappa shape index (κ1) is 36.3. The van der Waals surface area contributed by atoms with Gasteiger partial charge in [0, 0.05) is 23.2 Å². The van der Waals surface area contributed by atoms with Gasteiger partial charge in [-0.3, -0.25) is 9.59 Å². The number of hydrogen-bond donors (Lipinski definition) is 3. The van der Waals surface area contributed by atoms with E-state index in [9.17, 15) is 33.1 Å². The Hall–Kier alpha value is -5.58. The van der Waals surface area contributed by atoms with Crippen LogP contribution in [0.15, 0.2) is 91.0 Å². The summed E-state index contributed by atoms with van der Waals surface area (Å²) in [5.41, 5.74) is 1.28. The van der Waals surface area contributed by atoms with E-state index in [0.29, 0.717) is 29.2 Å². The highest BCUT2D eigenvalue weighted by Crippen LogP contribution is 2.19. The second-order valence-electron chi connectivity index (χ2n) is 11.4. The molecule has 49 heavy (non-hydrogen) atoms. The number of aliphatic carboxylic acids is 1. The number of benzene rings is 4. The van der Waals surface area contributed by atoms with Crippen molar-refractivity contribution in [3.8, 4) is 11.5 Å². The van der Waals surface area contributed by atoms with Crippen LogP contribution in [0.3, 0.4) is 0 Å². The molecule has 0 aromatic heterocycles. The largest absolute Gasteiger partial charge is 0.494 e. The molecule has 256 valence electrons. The molecule has 1 atom stereocenters. The van der Waals surface area contributed by atoms with E-state index >= 15 is 0 Å². The predicted octanol–water partition coefficient (Wildman–Crippen LogP) is 7.14. The first-order valence-corrected chi connectivity index (χ1v) is 16.0. The van der Waals surface area contributed by atoms with Crippen LogP contribution in [0, 0.1) is 11.6 Å². The minimum absolute atomic E-state index is 0.0415. The van der Waals surface area contributed by atoms with Gasteiger partial charge in [-0.1, -0.05) is 44.7 Å². The van der Waals surface area contributed by atoms with Crippen LogP contribution in [0.5, 0.6) is 11.5 Å². The standard InChI is InChI=1S/C38H38F2N2O7/c1-2-3-4-5-6-21-48-31-18-11-27(12-19-31)38(47)49-32-16-7-25(8-17-32)22-34(37(45)46)42-36(44)26-9-14-30(15-10-26)41-35(43)24-28-23-29(39)13-20-33(28)40/h7-20,23,34H,2-6,21-22,24H2,1H3,(H,41,43)(H,42,44)(H,45,46)/t34-/m0/s1. The van der Waals surface area contributed by atoms with E-state index in [-0.39, 0.29) is 23.3 Å². The summed E-state index contributed by atoms with van der Waals surface area (Å²) in [6.07, 6.45) is 5.26. The van der Waals surface area contributed by atoms with Crippen LogP contribution in [0.1, 0.15) is 70.9 Å². The van der Waals surface area contributed by atoms with E-state index in [1.165, 1.54) is 43.5 Å². The number of carbonyl (C=O) groups is 4. The van der Waals surface area contributed by atoms with Crippen molar-refractivity contribution in [2.45, 2.75) is 57.9 Å². The van der Waals surface area contributed by atoms with Crippen molar-refractivity contribution in [2.75, 3.05) is 11.9 Å². The van der Waals surface area contributed by atoms with Crippen LogP contribution >= 0.6 is 0 Å². The number of amides is 2. The Kier molecular flexibility index (Phi) is 13.4. The Morgan fingerprint density at radius 2 is 1.43 bits per heavy atom. The van der Waals surface area contributed by atoms with Gasteiger partial charge < -0.3 is 25.2 Å². The number of halogens is 2. The Morgan fingerprint density at radius 3 is 2.10 bits per heavy atom. The summed E-state index contributed by atoms with van der Waals surface area (Å²) in [4.78, 5) is 49.7. The lowest BCUT2D eigenvalue weighted by Crippen LogP contribution is -2.42. The lowest BCUT2D eigenvalue weighted by molar-refractivity contribution is -0.139. The third-order valence-electron chi connectivity index (χ3n) is 7.57. The van der Waals surface area contributed by atoms with Gasteiger partial charge in [-0.2, -0.15) is 0 Å². The highest BCUT2D eigenvalue weighted by atomic mass is 19.1. The van der Waals surface area contributed by atoms with Crippen molar-refractivity contribution in [1.29, 1.82) is 0 Å². The summed E-state index contributed by atoms with van der Waals surface area (Å²) < 4.78 is 38.4. The van der Waals surface area contributed by atoms with E-state index in [4.69, 9.17) is 9.47 Å². The molecular weight excluding hydrogens is 634 g/mol. The highest BCUT2D eigenvalue weighted by molar-refractivity contribution is 5.98. The van der Waals surface area contributed by atoms with E-state index < -0.39 is 47.9 Å². The third kappa shape index (κ3) is 11.6. The lowest BCUT2D eigenvalue weighted by atomic mass is 10.0. The van der Waals surface area contributed by atoms with Crippen molar-refractivity contribution in [3.05, 3.63) is 125 Å². The second-order valence-corrected chi connectivity index (χ2v) is 11.4. The van der Waals surface area contributed by atoms with Crippen LogP contribution in [0.25, 0.3) is 0 Å². The molecule has 0 saturated heterocycles. The number of ether oxygens (including phenoxy) is 2. The van der Waals surface area contributed by atoms with E-state index in [0.717, 1.165) is 31.0 Å². The first-order valence-electron chi connectivity index (χ1n) is 16.0. The van der Waals surface area contributed by atoms with Gasteiger partial charge in [0.2, 0.25) is 5.91 Å². The molecule has 0 radical (unpaired) electrons. The van der Waals surface area contributed by atoms with Gasteiger partial charge >= 0.3 is 11.9 Å². The zero-order valence-electron chi connectivity index (χ0n) is 27.0. The summed E-state index contributed by atoms with van der Waals surface area (Å²) in [5, 5.41) is 14.8. The predicted molar refractivity (Wildman–Crippen MR) is 180 cm³/mol. The number of unbranched alkanes of at least 4 members (excludes halogenated alkanes) is 4. The van der Waals surface area contributed by atoms with Crippen molar-refractivity contribution in [3.63, 3.8) is 0 Å². The Balaban J connectivity index is 1.25. The average Bonchev–Trinajstić information content (AvgIpc) is 3.09. The Labute approximate surface area is 283 Å². The van der Waals surface area contributed by atoms with E-state index in [1.54, 1.807) is 48.5 Å². The molecule has 0 unspecified atom stereocenters. The van der Waals surface area contributed by atoms with Crippen molar-refractivity contribution in [2.24, 2.45) is 0 Å². The highest BCUT2D eigenvalue weighted by Gasteiger charge is 2.22. The zero-order valence-corrected chi connectivity index (χ0v) is 27.0. The molecule has 4 rings (SSSR count). The maximum absolute atomic E-state index is 13.8. The molecule has 9 nitrogen and oxygen atoms in total. The van der Waals surface area contributed by atoms with Gasteiger partial charge in [-0.25, -0.2) is 18.4 Å². The molecule has 3 N–H and O–H groups in total. The minimum Gasteiger partial charge on any atom is -0.494 e. The van der Waals surface area contributed by atoms with E-state index in [2.05, 4.69) is 17.6 Å². The van der Waals surface area contributed by atoms with Crippen LogP contribution in [-0.2, 0) is 22.4 Å². The summed E-state index contributed by atoms with van der Waals surface area (Å²) in [5.74, 6) is -3.47. The molecule has 0 aliphatic heterocycles. The summed E-state index contributed by atoms with van der Waals surface area (Å²) in [6, 6.07) is 20.2. The number of anilines is 1. The number of hydrogen-bond acceptors (Lipinski definition) is 6. The Bertz CT molecular complexity index is 1730. The summed E-state index contributed by atoms with van der Waals surface area (Å²) in [6.45, 7) is 2.79. The molecule has 4 aromatic rings. The fraction of sp³-hybridized carbons (Fsp3) is 0.263. The molecule has 0 fully saturated rings. The van der Waals surface area contributed by atoms with E-state index in [1.807, 2.05) is 0 Å². The van der Waals surface area contributed by atoms with Crippen LogP contribution in [0.2, 0.25) is 0 Å². The average molecular weight is 673 g/mol. The number of carboxylic acids is 1. The molecule has 11 heteroatoms. The first-order chi connectivity index (χ1) is 23.6. The molecule has 0 spiro atoms. The smallest absolute Gasteiger partial charge is 0.343 e. The SMILES string of the molecule is CCCCCCCOc1ccc(C(=O)Oc2ccc(C[C@H](NC(=O)c3ccc(NC(=O)Cc4cc(F)ccc4F)cc3)C(=O)O)cc2)cc1. The third-order valence-corrected chi connectivity index (χ3v) is 7.57. The van der Waals surface area contributed by atoms with Gasteiger partial charge in [0.15, 0.2) is 0 Å². The second kappa shape index (κ2) is 18.1. The maximum Gasteiger partial charge on any atom is 0.343 e. The minimum atomic E-state index is -1.27. The maximum atomic E-state index is 13.8. The lowest BCUT2D eigenvalue weighted by Gasteiger charge is -2.15. The van der Waals surface area contributed by atoms with Gasteiger partial charge in [0.05, 0.1) is 18.6 Å². The van der Waals surface area contributed by atoms with Crippen molar-refractivity contribution < 1.29 is 42.5 Å². The number of esters is 1. The number of nitrogens with one attached hydrogen (secondary N) is 2. The van der Waals surface area contributed by atoms with Crippen LogP contribution in [-0.4, -0.2) is 41.5 Å². The molecule has 0 aliphatic rings. The Morgan fingerprint density at radius 1 is 0.776 bits per heavy atom. The molecule has 0 aliphatic carbocycles. The molecular formula is C38H38F2N2O7. The summed E-state index contributed by atoms with van der Waals surface area (Å²) in [7, 11) is 0. The molecule has 0 saturated carbocycles. The molecule has 4 aromatic carbocycles. The van der Waals surface area contributed by atoms with Gasteiger partial charge in [0.1, 0.15) is 29.2 Å². The summed E-state index contributed by atoms with van der Waals surface area (Å²) >= 11 is 0. The number of carbonyl (C=O) groups excluding carboxylic acids is 3. The number of rotatable bonds is 17. The monoisotopic (exact) mass is 672 g/mol. The van der Waals surface area contributed by atoms with Gasteiger partial charge in [-0.05, 0) is 90.8 Å². The van der Waals surface area contributed by atoms with Crippen LogP contribution in [0.4, 0.5) is 14.5 Å². The van der Waals surface area contributed by atoms with Crippen molar-refractivity contribution >= 4 is 29.4 Å². The fourth-order valence-corrected chi connectivity index (χ4v) is 4.88. The van der Waals surface area contributed by atoms with Crippen LogP contribution < -0.4 is 20.1 Å². The molecule has 0 bridgehead atoms. The van der Waals surface area contributed by atoms with Gasteiger partial charge in [0.25, 0.3) is 5.91 Å². The molecule has 0 heterocycles.